The van der Waals surface area contributed by atoms with Crippen LogP contribution in [0.5, 0.6) is 17.2 Å². The number of halogens is 1. The number of ether oxygens (including phenoxy) is 3. The van der Waals surface area contributed by atoms with Crippen LogP contribution in [0.25, 0.3) is 5.69 Å². The van der Waals surface area contributed by atoms with E-state index in [1.807, 2.05) is 60.9 Å². The third-order valence-electron chi connectivity index (χ3n) is 5.66. The summed E-state index contributed by atoms with van der Waals surface area (Å²) in [6, 6.07) is 20.3. The average Bonchev–Trinajstić information content (AvgIpc) is 3.27. The minimum Gasteiger partial charge on any atom is -0.494 e. The molecule has 1 heterocycles. The zero-order chi connectivity index (χ0) is 27.1. The molecule has 0 aliphatic heterocycles. The van der Waals surface area contributed by atoms with Crippen molar-refractivity contribution >= 4 is 23.4 Å². The van der Waals surface area contributed by atoms with E-state index in [0.717, 1.165) is 17.0 Å². The van der Waals surface area contributed by atoms with E-state index >= 15 is 0 Å². The van der Waals surface area contributed by atoms with Gasteiger partial charge in [-0.1, -0.05) is 47.6 Å². The molecule has 0 saturated heterocycles. The number of hydrogen-bond acceptors (Lipinski definition) is 8. The molecule has 0 saturated carbocycles. The Morgan fingerprint density at radius 1 is 1.05 bits per heavy atom. The maximum absolute atomic E-state index is 11.6. The van der Waals surface area contributed by atoms with Crippen LogP contribution in [-0.4, -0.2) is 39.9 Å². The summed E-state index contributed by atoms with van der Waals surface area (Å²) in [4.78, 5) is 11.3. The summed E-state index contributed by atoms with van der Waals surface area (Å²) in [5.74, 6) is 2.39. The molecule has 198 valence electrons. The van der Waals surface area contributed by atoms with Gasteiger partial charge in [0.05, 0.1) is 13.7 Å². The summed E-state index contributed by atoms with van der Waals surface area (Å²) in [6.07, 6.45) is 0. The molecule has 1 aromatic heterocycles. The first-order valence-corrected chi connectivity index (χ1v) is 13.1. The van der Waals surface area contributed by atoms with Crippen molar-refractivity contribution in [3.8, 4) is 22.9 Å². The third-order valence-corrected chi connectivity index (χ3v) is 7.21. The molecule has 0 radical (unpaired) electrons. The lowest BCUT2D eigenvalue weighted by molar-refractivity contribution is -0.479. The van der Waals surface area contributed by atoms with Gasteiger partial charge in [-0.15, -0.1) is 10.2 Å². The van der Waals surface area contributed by atoms with Crippen LogP contribution in [-0.2, 0) is 6.61 Å². The van der Waals surface area contributed by atoms with E-state index in [4.69, 9.17) is 25.8 Å². The maximum atomic E-state index is 11.6. The minimum absolute atomic E-state index is 0.257. The minimum atomic E-state index is -0.554. The van der Waals surface area contributed by atoms with Gasteiger partial charge in [-0.05, 0) is 61.9 Å². The second-order valence-electron chi connectivity index (χ2n) is 8.20. The summed E-state index contributed by atoms with van der Waals surface area (Å²) in [6.45, 7) is 4.27. The molecule has 0 amide bonds. The molecule has 0 aliphatic carbocycles. The van der Waals surface area contributed by atoms with E-state index in [9.17, 15) is 10.1 Å². The van der Waals surface area contributed by atoms with Gasteiger partial charge < -0.3 is 14.2 Å². The van der Waals surface area contributed by atoms with Crippen LogP contribution in [0.1, 0.15) is 29.1 Å². The van der Waals surface area contributed by atoms with E-state index in [-0.39, 0.29) is 18.1 Å². The van der Waals surface area contributed by atoms with Crippen molar-refractivity contribution in [2.75, 3.05) is 20.3 Å². The summed E-state index contributed by atoms with van der Waals surface area (Å²) in [5, 5.41) is 20.7. The zero-order valence-electron chi connectivity index (χ0n) is 21.2. The highest BCUT2D eigenvalue weighted by Gasteiger charge is 2.25. The third kappa shape index (κ3) is 6.56. The van der Waals surface area contributed by atoms with Crippen LogP contribution in [0.4, 0.5) is 0 Å². The van der Waals surface area contributed by atoms with Gasteiger partial charge in [-0.3, -0.25) is 14.7 Å². The Balaban J connectivity index is 1.59. The van der Waals surface area contributed by atoms with Crippen LogP contribution < -0.4 is 14.2 Å². The van der Waals surface area contributed by atoms with Crippen molar-refractivity contribution in [2.24, 2.45) is 0 Å². The molecule has 0 spiro atoms. The lowest BCUT2D eigenvalue weighted by Gasteiger charge is -2.17. The normalized spacial score (nSPS) is 11.7. The Kier molecular flexibility index (Phi) is 9.09. The fraction of sp³-hybridized carbons (Fsp3) is 0.259. The van der Waals surface area contributed by atoms with E-state index in [1.54, 1.807) is 24.3 Å². The molecule has 38 heavy (non-hydrogen) atoms. The quantitative estimate of drug-likeness (QED) is 0.114. The molecule has 4 rings (SSSR count). The predicted octanol–water partition coefficient (Wildman–Crippen LogP) is 6.33. The average molecular weight is 555 g/mol. The highest BCUT2D eigenvalue weighted by atomic mass is 35.5. The second-order valence-corrected chi connectivity index (χ2v) is 9.78. The molecule has 4 aromatic rings. The lowest BCUT2D eigenvalue weighted by Crippen LogP contribution is -2.11. The molecule has 9 nitrogen and oxygen atoms in total. The van der Waals surface area contributed by atoms with Crippen LogP contribution in [0, 0.1) is 17.0 Å². The van der Waals surface area contributed by atoms with Crippen molar-refractivity contribution in [1.29, 1.82) is 0 Å². The van der Waals surface area contributed by atoms with Crippen molar-refractivity contribution in [3.05, 3.63) is 98.8 Å². The van der Waals surface area contributed by atoms with E-state index in [0.29, 0.717) is 39.7 Å². The van der Waals surface area contributed by atoms with Gasteiger partial charge in [0.25, 0.3) is 0 Å². The Labute approximate surface area is 229 Å². The molecule has 0 N–H and O–H groups in total. The lowest BCUT2D eigenvalue weighted by atomic mass is 10.1. The van der Waals surface area contributed by atoms with Gasteiger partial charge in [-0.25, -0.2) is 0 Å². The smallest absolute Gasteiger partial charge is 0.220 e. The molecule has 0 aliphatic rings. The van der Waals surface area contributed by atoms with Gasteiger partial charge in [0, 0.05) is 21.2 Å². The highest BCUT2D eigenvalue weighted by Crippen LogP contribution is 2.40. The van der Waals surface area contributed by atoms with Crippen molar-refractivity contribution in [3.63, 3.8) is 0 Å². The van der Waals surface area contributed by atoms with E-state index in [1.165, 1.54) is 18.9 Å². The molecule has 0 bridgehead atoms. The Morgan fingerprint density at radius 2 is 1.82 bits per heavy atom. The molecular weight excluding hydrogens is 528 g/mol. The number of methoxy groups -OCH3 is 1. The molecular formula is C27H27ClN4O5S. The van der Waals surface area contributed by atoms with E-state index in [2.05, 4.69) is 10.2 Å². The standard InChI is InChI=1S/C27H27ClN4O5S/c1-4-36-22-12-10-21(11-13-22)32-18(2)29-30-27(32)38-26(16-31(33)34)19-9-14-24(25(15-19)35-3)37-17-20-7-5-6-8-23(20)28/h5-15,26H,4,16-17H2,1-3H3/t26-/m0/s1. The van der Waals surface area contributed by atoms with Crippen LogP contribution in [0.2, 0.25) is 5.02 Å². The van der Waals surface area contributed by atoms with Gasteiger partial charge >= 0.3 is 0 Å². The van der Waals surface area contributed by atoms with Gasteiger partial charge in [0.15, 0.2) is 16.7 Å². The van der Waals surface area contributed by atoms with Crippen molar-refractivity contribution in [1.82, 2.24) is 14.8 Å². The van der Waals surface area contributed by atoms with Crippen LogP contribution >= 0.6 is 23.4 Å². The number of aryl methyl sites for hydroxylation is 1. The first-order valence-electron chi connectivity index (χ1n) is 11.9. The summed E-state index contributed by atoms with van der Waals surface area (Å²) < 4.78 is 18.9. The van der Waals surface area contributed by atoms with Crippen LogP contribution in [0.3, 0.4) is 0 Å². The number of hydrogen-bond donors (Lipinski definition) is 0. The summed E-state index contributed by atoms with van der Waals surface area (Å²) >= 11 is 7.51. The monoisotopic (exact) mass is 554 g/mol. The van der Waals surface area contributed by atoms with Crippen LogP contribution in [0.15, 0.2) is 71.9 Å². The van der Waals surface area contributed by atoms with E-state index < -0.39 is 5.25 Å². The summed E-state index contributed by atoms with van der Waals surface area (Å²) in [5.41, 5.74) is 2.37. The van der Waals surface area contributed by atoms with Gasteiger partial charge in [0.2, 0.25) is 6.54 Å². The van der Waals surface area contributed by atoms with Gasteiger partial charge in [0.1, 0.15) is 23.4 Å². The molecule has 1 atom stereocenters. The second kappa shape index (κ2) is 12.7. The number of rotatable bonds is 12. The topological polar surface area (TPSA) is 102 Å². The number of nitro groups is 1. The molecule has 11 heteroatoms. The molecule has 3 aromatic carbocycles. The molecule has 0 unspecified atom stereocenters. The number of benzene rings is 3. The first kappa shape index (κ1) is 27.3. The Morgan fingerprint density at radius 3 is 2.50 bits per heavy atom. The van der Waals surface area contributed by atoms with Gasteiger partial charge in [-0.2, -0.15) is 0 Å². The number of thioether (sulfide) groups is 1. The summed E-state index contributed by atoms with van der Waals surface area (Å²) in [7, 11) is 1.53. The molecule has 0 fully saturated rings. The fourth-order valence-corrected chi connectivity index (χ4v) is 5.18. The SMILES string of the molecule is CCOc1ccc(-n2c(C)nnc2S[C@@H](C[N+](=O)[O-])c2ccc(OCc3ccccc3Cl)c(OC)c2)cc1. The largest absolute Gasteiger partial charge is 0.494 e. The fourth-order valence-electron chi connectivity index (χ4n) is 3.82. The maximum Gasteiger partial charge on any atom is 0.220 e. The first-order chi connectivity index (χ1) is 18.4. The predicted molar refractivity (Wildman–Crippen MR) is 147 cm³/mol. The van der Waals surface area contributed by atoms with Crippen molar-refractivity contribution in [2.45, 2.75) is 30.9 Å². The van der Waals surface area contributed by atoms with Crippen molar-refractivity contribution < 1.29 is 19.1 Å². The number of nitrogens with zero attached hydrogens (tertiary/aromatic N) is 4. The Bertz CT molecular complexity index is 1400. The highest BCUT2D eigenvalue weighted by molar-refractivity contribution is 7.99. The number of aromatic nitrogens is 3. The zero-order valence-corrected chi connectivity index (χ0v) is 22.7. The Hall–Kier alpha value is -3.76.